The van der Waals surface area contributed by atoms with Crippen LogP contribution in [0.1, 0.15) is 64.0 Å². The number of fused-ring (bicyclic) bond motifs is 15. The molecule has 2 aliphatic rings. The Kier molecular flexibility index (Phi) is 24.7. The number of nitrogens with two attached hydrogens (primary N) is 2. The van der Waals surface area contributed by atoms with Gasteiger partial charge < -0.3 is 56.5 Å². The van der Waals surface area contributed by atoms with Crippen molar-refractivity contribution in [1.82, 2.24) is 20.3 Å². The number of amides is 2. The number of nitrogens with zero attached hydrogens (tertiary/aromatic N) is 2. The number of aliphatic imine (C=N–C) groups is 1. The quantitative estimate of drug-likeness (QED) is 0.0493. The van der Waals surface area contributed by atoms with Crippen LogP contribution in [0, 0.1) is 5.92 Å². The maximum Gasteiger partial charge on any atom is 0.322 e. The average Bonchev–Trinajstić information content (AvgIpc) is 3.23. The number of rotatable bonds is 15. The number of allylic oxidation sites excluding steroid dienone is 1. The minimum absolute atomic E-state index is 0.0131. The Bertz CT molecular complexity index is 1850. The highest BCUT2D eigenvalue weighted by Gasteiger charge is 2.26. The molecular formula is C42H66N8O10S. The lowest BCUT2D eigenvalue weighted by Crippen LogP contribution is -2.36. The zero-order chi connectivity index (χ0) is 45.2. The van der Waals surface area contributed by atoms with Crippen LogP contribution in [0.2, 0.25) is 0 Å². The predicted molar refractivity (Wildman–Crippen MR) is 235 cm³/mol. The number of nitrogens with one attached hydrogen (secondary N) is 4. The molecule has 0 saturated carbocycles. The summed E-state index contributed by atoms with van der Waals surface area (Å²) in [7, 11) is 1.09. The van der Waals surface area contributed by atoms with Gasteiger partial charge in [-0.3, -0.25) is 14.4 Å². The second kappa shape index (κ2) is 28.7. The lowest BCUT2D eigenvalue weighted by molar-refractivity contribution is -0.142. The van der Waals surface area contributed by atoms with E-state index in [1.54, 1.807) is 25.1 Å². The standard InChI is InChI=1S/C34H48N6O8S.C8H18N2O2/c1-24(2)31-26-10-12-28(13-11-26)49(44,45)40(15-6-9-30(42)37-14-17-41)16-18-46-19-20-47-21-22-48-33-27(23-36-4)7-5-8-29(33)38-34(43)32(39-31)25(3)35;1-10-6-4-3-5-7(9)8(11)12-2/h5,7-8,10-13,17,24,36H,6,9,14-16,18-23,35H2,1-4H3,(H,37,42)(H,38,43);7,10H,3-6,9H2,1-2H3/b32-25+,39-31?;. The van der Waals surface area contributed by atoms with E-state index in [4.69, 9.17) is 30.7 Å². The van der Waals surface area contributed by atoms with Gasteiger partial charge in [0, 0.05) is 37.3 Å². The number of methoxy groups -OCH3 is 1. The molecular weight excluding hydrogens is 809 g/mol. The van der Waals surface area contributed by atoms with Crippen molar-refractivity contribution in [2.45, 2.75) is 70.4 Å². The van der Waals surface area contributed by atoms with Crippen LogP contribution in [0.15, 0.2) is 63.7 Å². The minimum atomic E-state index is -3.99. The van der Waals surface area contributed by atoms with Crippen molar-refractivity contribution in [3.05, 3.63) is 65.0 Å². The molecule has 19 heteroatoms. The number of esters is 1. The number of para-hydroxylation sites is 1. The SMILES string of the molecule is CNCCCCC(N)C(=O)OC.CNCc1cccc2c1OCCOCCOCCN(CCCC(=O)NCC=O)S(=O)(=O)c1ccc(cc1)C(C(C)C)=N/C(=C(\C)N)C(=O)N2. The highest BCUT2D eigenvalue weighted by atomic mass is 32.2. The van der Waals surface area contributed by atoms with E-state index in [1.807, 2.05) is 40.1 Å². The highest BCUT2D eigenvalue weighted by Crippen LogP contribution is 2.30. The first-order valence-electron chi connectivity index (χ1n) is 20.4. The van der Waals surface area contributed by atoms with Crippen LogP contribution in [0.5, 0.6) is 5.75 Å². The molecule has 2 bridgehead atoms. The molecule has 1 atom stereocenters. The summed E-state index contributed by atoms with van der Waals surface area (Å²) in [6, 6.07) is 11.3. The third-order valence-electron chi connectivity index (χ3n) is 9.09. The van der Waals surface area contributed by atoms with E-state index in [0.29, 0.717) is 42.0 Å². The van der Waals surface area contributed by atoms with E-state index in [1.165, 1.54) is 23.5 Å². The molecule has 2 amide bonds. The Morgan fingerprint density at radius 2 is 1.69 bits per heavy atom. The van der Waals surface area contributed by atoms with E-state index in [0.717, 1.165) is 24.9 Å². The molecule has 0 saturated heterocycles. The van der Waals surface area contributed by atoms with E-state index in [-0.39, 0.29) is 99.6 Å². The molecule has 4 rings (SSSR count). The van der Waals surface area contributed by atoms with Crippen molar-refractivity contribution < 1.29 is 46.5 Å². The fourth-order valence-corrected chi connectivity index (χ4v) is 7.38. The summed E-state index contributed by atoms with van der Waals surface area (Å²) in [5.74, 6) is -0.864. The normalized spacial score (nSPS) is 16.8. The van der Waals surface area contributed by atoms with Crippen LogP contribution >= 0.6 is 0 Å². The summed E-state index contributed by atoms with van der Waals surface area (Å²) in [4.78, 5) is 51.8. The Hall–Kier alpha value is -4.76. The molecule has 0 spiro atoms. The number of hydrogen-bond acceptors (Lipinski definition) is 15. The van der Waals surface area contributed by atoms with Crippen LogP contribution in [0.3, 0.4) is 0 Å². The van der Waals surface area contributed by atoms with Crippen molar-refractivity contribution in [3.8, 4) is 5.75 Å². The number of carbonyl (C=O) groups is 4. The van der Waals surface area contributed by atoms with E-state index >= 15 is 0 Å². The number of anilines is 1. The topological polar surface area (TPSA) is 255 Å². The number of unbranched alkanes of at least 4 members (excludes halogenated alkanes) is 1. The minimum Gasteiger partial charge on any atom is -0.489 e. The van der Waals surface area contributed by atoms with Crippen molar-refractivity contribution in [2.75, 3.05) is 85.7 Å². The number of carbonyl (C=O) groups excluding carboxylic acids is 4. The number of hydrogen-bond donors (Lipinski definition) is 6. The monoisotopic (exact) mass is 874 g/mol. The lowest BCUT2D eigenvalue weighted by Gasteiger charge is -2.23. The second-order valence-electron chi connectivity index (χ2n) is 14.3. The molecule has 61 heavy (non-hydrogen) atoms. The van der Waals surface area contributed by atoms with E-state index in [9.17, 15) is 27.6 Å². The first kappa shape index (κ1) is 52.4. The van der Waals surface area contributed by atoms with Crippen molar-refractivity contribution in [2.24, 2.45) is 22.4 Å². The third kappa shape index (κ3) is 18.4. The van der Waals surface area contributed by atoms with Crippen LogP contribution in [-0.4, -0.2) is 129 Å². The van der Waals surface area contributed by atoms with Gasteiger partial charge in [0.25, 0.3) is 5.91 Å². The molecule has 0 fully saturated rings. The zero-order valence-corrected chi connectivity index (χ0v) is 37.2. The highest BCUT2D eigenvalue weighted by molar-refractivity contribution is 7.89. The molecule has 8 N–H and O–H groups in total. The molecule has 2 heterocycles. The molecule has 18 nitrogen and oxygen atoms in total. The van der Waals surface area contributed by atoms with E-state index in [2.05, 4.69) is 26.0 Å². The van der Waals surface area contributed by atoms with Gasteiger partial charge in [0.05, 0.1) is 56.4 Å². The summed E-state index contributed by atoms with van der Waals surface area (Å²) >= 11 is 0. The molecule has 2 aromatic carbocycles. The van der Waals surface area contributed by atoms with Gasteiger partial charge in [-0.2, -0.15) is 4.31 Å². The van der Waals surface area contributed by atoms with Crippen LogP contribution in [0.25, 0.3) is 0 Å². The van der Waals surface area contributed by atoms with Gasteiger partial charge in [0.2, 0.25) is 15.9 Å². The van der Waals surface area contributed by atoms with Crippen LogP contribution < -0.4 is 37.5 Å². The molecule has 0 aromatic heterocycles. The van der Waals surface area contributed by atoms with Gasteiger partial charge in [-0.05, 0) is 76.5 Å². The fraction of sp³-hybridized carbons (Fsp3) is 0.548. The smallest absolute Gasteiger partial charge is 0.322 e. The number of benzene rings is 2. The number of ether oxygens (including phenoxy) is 4. The third-order valence-corrected chi connectivity index (χ3v) is 11.0. The van der Waals surface area contributed by atoms with Gasteiger partial charge in [-0.15, -0.1) is 0 Å². The van der Waals surface area contributed by atoms with E-state index < -0.39 is 22.0 Å². The lowest BCUT2D eigenvalue weighted by atomic mass is 9.99. The summed E-state index contributed by atoms with van der Waals surface area (Å²) in [5, 5.41) is 11.5. The Morgan fingerprint density at radius 3 is 2.31 bits per heavy atom. The molecule has 2 aliphatic heterocycles. The van der Waals surface area contributed by atoms with Crippen LogP contribution in [-0.2, 0) is 50.0 Å². The zero-order valence-electron chi connectivity index (χ0n) is 36.4. The van der Waals surface area contributed by atoms with Crippen molar-refractivity contribution in [3.63, 3.8) is 0 Å². The van der Waals surface area contributed by atoms with Gasteiger partial charge in [-0.25, -0.2) is 13.4 Å². The Labute approximate surface area is 360 Å². The number of sulfonamides is 1. The van der Waals surface area contributed by atoms with Gasteiger partial charge in [0.1, 0.15) is 30.4 Å². The van der Waals surface area contributed by atoms with Gasteiger partial charge >= 0.3 is 5.97 Å². The largest absolute Gasteiger partial charge is 0.489 e. The van der Waals surface area contributed by atoms with Gasteiger partial charge in [0.15, 0.2) is 0 Å². The van der Waals surface area contributed by atoms with Gasteiger partial charge in [-0.1, -0.05) is 44.5 Å². The van der Waals surface area contributed by atoms with Crippen LogP contribution in [0.4, 0.5) is 5.69 Å². The number of aldehydes is 1. The molecule has 2 aromatic rings. The molecule has 340 valence electrons. The molecule has 1 unspecified atom stereocenters. The summed E-state index contributed by atoms with van der Waals surface area (Å²) in [6.07, 6.45) is 3.57. The first-order valence-corrected chi connectivity index (χ1v) is 21.9. The molecule has 0 aliphatic carbocycles. The Morgan fingerprint density at radius 1 is 1.00 bits per heavy atom. The molecule has 0 radical (unpaired) electrons. The Balaban J connectivity index is 0.000000925. The maximum atomic E-state index is 13.8. The summed E-state index contributed by atoms with van der Waals surface area (Å²) < 4.78 is 50.8. The van der Waals surface area contributed by atoms with Crippen molar-refractivity contribution in [1.29, 1.82) is 0 Å². The fourth-order valence-electron chi connectivity index (χ4n) is 5.92. The van der Waals surface area contributed by atoms with Crippen molar-refractivity contribution >= 4 is 45.5 Å². The first-order chi connectivity index (χ1) is 29.2. The average molecular weight is 875 g/mol. The summed E-state index contributed by atoms with van der Waals surface area (Å²) in [6.45, 7) is 7.89. The summed E-state index contributed by atoms with van der Waals surface area (Å²) in [5.41, 5.74) is 14.4. The predicted octanol–water partition coefficient (Wildman–Crippen LogP) is 2.07. The second-order valence-corrected chi connectivity index (χ2v) is 16.2. The maximum absolute atomic E-state index is 13.8.